The maximum atomic E-state index is 13.9. The van der Waals surface area contributed by atoms with Crippen molar-refractivity contribution < 1.29 is 29.0 Å². The number of carbonyl (C=O) groups is 4. The molecule has 0 saturated heterocycles. The molecule has 40 heavy (non-hydrogen) atoms. The number of nitrogens with zero attached hydrogens (tertiary/aromatic N) is 1. The van der Waals surface area contributed by atoms with Crippen molar-refractivity contribution in [2.45, 2.75) is 93.3 Å². The molecule has 1 aliphatic carbocycles. The summed E-state index contributed by atoms with van der Waals surface area (Å²) in [5.74, 6) is -2.45. The zero-order valence-electron chi connectivity index (χ0n) is 26.3. The number of carboxylic acid groups (broad SMARTS) is 1. The highest BCUT2D eigenvalue weighted by atomic mass is 16.5. The van der Waals surface area contributed by atoms with Crippen LogP contribution in [0.2, 0.25) is 0 Å². The molecule has 9 heteroatoms. The van der Waals surface area contributed by atoms with Gasteiger partial charge in [-0.15, -0.1) is 0 Å². The quantitative estimate of drug-likeness (QED) is 0.228. The summed E-state index contributed by atoms with van der Waals surface area (Å²) < 4.78 is 5.12. The van der Waals surface area contributed by atoms with Crippen LogP contribution in [0.5, 0.6) is 0 Å². The Balaban J connectivity index is 3.29. The standard InChI is InChI=1S/C31H51N3O6/c1-12-40-29(39)20(4)17-24(19(2)3)34(11)27(36)23(18-30(5,6)7)33-26(35)25(32-10)31(8,9)22-15-13-21(14-16-22)28(37)38/h13,15-17,19,21,23-25,32H,12,14,18H2,1-11H3,(H,33,35)(H,37,38)/b20-17+/t21?,23?,24-,25?/m1/s1. The minimum atomic E-state index is -0.882. The van der Waals surface area contributed by atoms with Crippen molar-refractivity contribution in [2.75, 3.05) is 20.7 Å². The fraction of sp³-hybridized carbons (Fsp3) is 0.677. The van der Waals surface area contributed by atoms with Gasteiger partial charge in [-0.3, -0.25) is 14.4 Å². The summed E-state index contributed by atoms with van der Waals surface area (Å²) in [6.07, 6.45) is 7.82. The Labute approximate surface area is 240 Å². The van der Waals surface area contributed by atoms with E-state index in [1.54, 1.807) is 51.1 Å². The van der Waals surface area contributed by atoms with Gasteiger partial charge >= 0.3 is 11.9 Å². The van der Waals surface area contributed by atoms with Gasteiger partial charge in [0.25, 0.3) is 0 Å². The molecular weight excluding hydrogens is 510 g/mol. The second-order valence-corrected chi connectivity index (χ2v) is 12.7. The van der Waals surface area contributed by atoms with Crippen LogP contribution in [0.25, 0.3) is 0 Å². The van der Waals surface area contributed by atoms with Gasteiger partial charge in [0, 0.05) is 18.0 Å². The molecule has 0 spiro atoms. The van der Waals surface area contributed by atoms with Gasteiger partial charge in [-0.1, -0.05) is 72.8 Å². The highest BCUT2D eigenvalue weighted by Gasteiger charge is 2.40. The average molecular weight is 562 g/mol. The van der Waals surface area contributed by atoms with E-state index in [0.29, 0.717) is 18.4 Å². The van der Waals surface area contributed by atoms with E-state index in [-0.39, 0.29) is 35.8 Å². The molecule has 0 heterocycles. The molecule has 9 nitrogen and oxygen atoms in total. The lowest BCUT2D eigenvalue weighted by Gasteiger charge is -2.38. The van der Waals surface area contributed by atoms with Crippen LogP contribution < -0.4 is 10.6 Å². The lowest BCUT2D eigenvalue weighted by Crippen LogP contribution is -2.58. The molecule has 0 aromatic rings. The molecule has 3 N–H and O–H groups in total. The zero-order chi connectivity index (χ0) is 31.0. The van der Waals surface area contributed by atoms with Crippen molar-refractivity contribution in [3.05, 3.63) is 35.5 Å². The second-order valence-electron chi connectivity index (χ2n) is 12.7. The Morgan fingerprint density at radius 1 is 1.18 bits per heavy atom. The summed E-state index contributed by atoms with van der Waals surface area (Å²) in [7, 11) is 3.39. The molecule has 0 aromatic heterocycles. The van der Waals surface area contributed by atoms with Crippen molar-refractivity contribution in [3.8, 4) is 0 Å². The van der Waals surface area contributed by atoms with Crippen LogP contribution >= 0.6 is 0 Å². The third kappa shape index (κ3) is 9.61. The van der Waals surface area contributed by atoms with Gasteiger partial charge in [-0.2, -0.15) is 0 Å². The molecule has 0 bridgehead atoms. The van der Waals surface area contributed by atoms with Gasteiger partial charge < -0.3 is 25.4 Å². The van der Waals surface area contributed by atoms with Crippen molar-refractivity contribution >= 4 is 23.8 Å². The Morgan fingerprint density at radius 3 is 2.20 bits per heavy atom. The maximum absolute atomic E-state index is 13.9. The molecule has 3 unspecified atom stereocenters. The van der Waals surface area contributed by atoms with Gasteiger partial charge in [0.05, 0.1) is 24.6 Å². The number of ether oxygens (including phenoxy) is 1. The molecule has 2 amide bonds. The number of hydrogen-bond donors (Lipinski definition) is 3. The Hall–Kier alpha value is -2.94. The number of carbonyl (C=O) groups excluding carboxylic acids is 3. The van der Waals surface area contributed by atoms with Crippen LogP contribution in [0.1, 0.15) is 75.2 Å². The van der Waals surface area contributed by atoms with Gasteiger partial charge in [0.1, 0.15) is 6.04 Å². The van der Waals surface area contributed by atoms with E-state index in [0.717, 1.165) is 5.57 Å². The lowest BCUT2D eigenvalue weighted by molar-refractivity contribution is -0.140. The molecule has 4 atom stereocenters. The number of rotatable bonds is 13. The first kappa shape index (κ1) is 35.1. The molecule has 1 rings (SSSR count). The number of carboxylic acids is 1. The molecule has 0 radical (unpaired) electrons. The zero-order valence-corrected chi connectivity index (χ0v) is 26.3. The van der Waals surface area contributed by atoms with E-state index in [9.17, 15) is 24.3 Å². The fourth-order valence-corrected chi connectivity index (χ4v) is 5.05. The van der Waals surface area contributed by atoms with Gasteiger partial charge in [-0.25, -0.2) is 4.79 Å². The van der Waals surface area contributed by atoms with Crippen LogP contribution in [-0.2, 0) is 23.9 Å². The molecular formula is C31H51N3O6. The van der Waals surface area contributed by atoms with Crippen LogP contribution in [0.15, 0.2) is 35.5 Å². The first-order valence-corrected chi connectivity index (χ1v) is 14.1. The lowest BCUT2D eigenvalue weighted by atomic mass is 9.74. The van der Waals surface area contributed by atoms with Gasteiger partial charge in [0.15, 0.2) is 0 Å². The maximum Gasteiger partial charge on any atom is 0.333 e. The monoisotopic (exact) mass is 561 g/mol. The Morgan fingerprint density at radius 2 is 1.77 bits per heavy atom. The molecule has 0 aliphatic heterocycles. The van der Waals surface area contributed by atoms with Gasteiger partial charge in [-0.05, 0) is 50.6 Å². The summed E-state index contributed by atoms with van der Waals surface area (Å²) in [5.41, 5.74) is 0.339. The van der Waals surface area contributed by atoms with Crippen LogP contribution in [0.4, 0.5) is 0 Å². The number of likely N-dealkylation sites (N-methyl/N-ethyl adjacent to an activating group) is 2. The van der Waals surface area contributed by atoms with Crippen molar-refractivity contribution in [3.63, 3.8) is 0 Å². The van der Waals surface area contributed by atoms with Crippen LogP contribution in [0, 0.1) is 22.7 Å². The normalized spacial score (nSPS) is 18.4. The van der Waals surface area contributed by atoms with Crippen molar-refractivity contribution in [1.82, 2.24) is 15.5 Å². The SMILES string of the molecule is CCOC(=O)/C(C)=C/[C@H](C(C)C)N(C)C(=O)C(CC(C)(C)C)NC(=O)C(NC)C(C)(C)C1=CCC(C(=O)O)C=C1. The molecule has 0 aromatic carbocycles. The van der Waals surface area contributed by atoms with Crippen molar-refractivity contribution in [1.29, 1.82) is 0 Å². The number of allylic oxidation sites excluding steroid dienone is 2. The van der Waals surface area contributed by atoms with Crippen LogP contribution in [0.3, 0.4) is 0 Å². The Kier molecular flexibility index (Phi) is 12.8. The summed E-state index contributed by atoms with van der Waals surface area (Å²) in [4.78, 5) is 52.9. The van der Waals surface area contributed by atoms with E-state index in [1.807, 2.05) is 54.5 Å². The van der Waals surface area contributed by atoms with E-state index in [4.69, 9.17) is 4.74 Å². The number of hydrogen-bond acceptors (Lipinski definition) is 6. The Bertz CT molecular complexity index is 1020. The topological polar surface area (TPSA) is 125 Å². The highest BCUT2D eigenvalue weighted by molar-refractivity contribution is 5.91. The van der Waals surface area contributed by atoms with E-state index in [2.05, 4.69) is 10.6 Å². The molecule has 0 fully saturated rings. The van der Waals surface area contributed by atoms with E-state index >= 15 is 0 Å². The first-order chi connectivity index (χ1) is 18.4. The van der Waals surface area contributed by atoms with E-state index in [1.165, 1.54) is 0 Å². The summed E-state index contributed by atoms with van der Waals surface area (Å²) in [6.45, 7) is 17.5. The number of esters is 1. The average Bonchev–Trinajstić information content (AvgIpc) is 2.85. The smallest absolute Gasteiger partial charge is 0.333 e. The third-order valence-electron chi connectivity index (χ3n) is 7.36. The number of amides is 2. The summed E-state index contributed by atoms with van der Waals surface area (Å²) in [6, 6.07) is -1.86. The predicted molar refractivity (Wildman–Crippen MR) is 157 cm³/mol. The predicted octanol–water partition coefficient (Wildman–Crippen LogP) is 4.10. The minimum absolute atomic E-state index is 0.00737. The fourth-order valence-electron chi connectivity index (χ4n) is 5.05. The molecule has 0 saturated carbocycles. The highest BCUT2D eigenvalue weighted by Crippen LogP contribution is 2.35. The second kappa shape index (κ2) is 14.6. The van der Waals surface area contributed by atoms with E-state index < -0.39 is 35.4 Å². The minimum Gasteiger partial charge on any atom is -0.481 e. The summed E-state index contributed by atoms with van der Waals surface area (Å²) in [5, 5.41) is 15.4. The number of nitrogens with one attached hydrogen (secondary N) is 2. The van der Waals surface area contributed by atoms with Gasteiger partial charge in [0.2, 0.25) is 11.8 Å². The third-order valence-corrected chi connectivity index (χ3v) is 7.36. The van der Waals surface area contributed by atoms with Crippen molar-refractivity contribution in [2.24, 2.45) is 22.7 Å². The molecule has 226 valence electrons. The summed E-state index contributed by atoms with van der Waals surface area (Å²) >= 11 is 0. The molecule has 1 aliphatic rings. The first-order valence-electron chi connectivity index (χ1n) is 14.1. The number of aliphatic carboxylic acids is 1. The largest absolute Gasteiger partial charge is 0.481 e. The van der Waals surface area contributed by atoms with Crippen LogP contribution in [-0.4, -0.2) is 72.6 Å².